The van der Waals surface area contributed by atoms with Crippen LogP contribution in [0.4, 0.5) is 8.78 Å². The van der Waals surface area contributed by atoms with E-state index >= 15 is 0 Å². The summed E-state index contributed by atoms with van der Waals surface area (Å²) in [6, 6.07) is 0. The fourth-order valence-corrected chi connectivity index (χ4v) is 3.26. The molecule has 166 valence electrons. The fraction of sp³-hybridized carbons (Fsp3) is 0.870. The number of halogens is 2. The Morgan fingerprint density at radius 1 is 0.821 bits per heavy atom. The molecule has 0 unspecified atom stereocenters. The van der Waals surface area contributed by atoms with E-state index in [4.69, 9.17) is 4.74 Å². The summed E-state index contributed by atoms with van der Waals surface area (Å²) in [6.07, 6.45) is 16.0. The Morgan fingerprint density at radius 2 is 1.25 bits per heavy atom. The monoisotopic (exact) mass is 403 g/mol. The Hall–Kier alpha value is -1.13. The molecular weight excluding hydrogens is 360 g/mol. The molecule has 5 heteroatoms. The standard InChI is InChI=1S/C23H43F2NO2/c1-5-7-8-9-10-11-12-13-14-15-16-17-18-19-23(24,25)21(20-26(3)4)22(27)28-6-2/h20H,5-19H2,1-4H3. The minimum atomic E-state index is -3.14. The first-order valence-corrected chi connectivity index (χ1v) is 11.3. The SMILES string of the molecule is CCCCCCCCCCCCCCCC(F)(F)C(=CN(C)C)C(=O)OCC. The van der Waals surface area contributed by atoms with E-state index in [2.05, 4.69) is 6.92 Å². The maximum atomic E-state index is 14.5. The van der Waals surface area contributed by atoms with Gasteiger partial charge in [-0.3, -0.25) is 0 Å². The summed E-state index contributed by atoms with van der Waals surface area (Å²) < 4.78 is 33.7. The summed E-state index contributed by atoms with van der Waals surface area (Å²) in [4.78, 5) is 13.3. The zero-order valence-corrected chi connectivity index (χ0v) is 18.7. The van der Waals surface area contributed by atoms with Gasteiger partial charge in [0.1, 0.15) is 5.57 Å². The zero-order valence-electron chi connectivity index (χ0n) is 18.7. The quantitative estimate of drug-likeness (QED) is 0.139. The van der Waals surface area contributed by atoms with E-state index in [9.17, 15) is 13.6 Å². The number of carbonyl (C=O) groups excluding carboxylic acids is 1. The van der Waals surface area contributed by atoms with Crippen LogP contribution in [0.3, 0.4) is 0 Å². The minimum absolute atomic E-state index is 0.0957. The van der Waals surface area contributed by atoms with Crippen LogP contribution in [0.5, 0.6) is 0 Å². The van der Waals surface area contributed by atoms with Gasteiger partial charge in [0.15, 0.2) is 0 Å². The summed E-state index contributed by atoms with van der Waals surface area (Å²) in [5.74, 6) is -4.07. The van der Waals surface area contributed by atoms with Crippen molar-refractivity contribution in [1.82, 2.24) is 4.90 Å². The molecule has 0 rings (SSSR count). The third-order valence-corrected chi connectivity index (χ3v) is 4.87. The third kappa shape index (κ3) is 14.0. The van der Waals surface area contributed by atoms with Gasteiger partial charge in [-0.15, -0.1) is 0 Å². The topological polar surface area (TPSA) is 29.5 Å². The van der Waals surface area contributed by atoms with Crippen molar-refractivity contribution in [1.29, 1.82) is 0 Å². The Morgan fingerprint density at radius 3 is 1.64 bits per heavy atom. The van der Waals surface area contributed by atoms with Gasteiger partial charge >= 0.3 is 5.97 Å². The molecular formula is C23H43F2NO2. The van der Waals surface area contributed by atoms with E-state index in [-0.39, 0.29) is 13.0 Å². The zero-order chi connectivity index (χ0) is 21.3. The van der Waals surface area contributed by atoms with Gasteiger partial charge in [-0.1, -0.05) is 84.0 Å². The van der Waals surface area contributed by atoms with Gasteiger partial charge in [-0.2, -0.15) is 0 Å². The molecule has 28 heavy (non-hydrogen) atoms. The maximum Gasteiger partial charge on any atom is 0.341 e. The molecule has 0 aliphatic heterocycles. The van der Waals surface area contributed by atoms with Crippen molar-refractivity contribution >= 4 is 5.97 Å². The lowest BCUT2D eigenvalue weighted by molar-refractivity contribution is -0.142. The largest absolute Gasteiger partial charge is 0.462 e. The van der Waals surface area contributed by atoms with Crippen LogP contribution in [0.2, 0.25) is 0 Å². The number of rotatable bonds is 18. The molecule has 0 radical (unpaired) electrons. The van der Waals surface area contributed by atoms with E-state index in [1.54, 1.807) is 21.0 Å². The molecule has 0 aliphatic carbocycles. The number of unbranched alkanes of at least 4 members (excludes halogenated alkanes) is 12. The Labute approximate surface area is 171 Å². The van der Waals surface area contributed by atoms with Crippen LogP contribution in [0, 0.1) is 0 Å². The van der Waals surface area contributed by atoms with Crippen LogP contribution in [0.15, 0.2) is 11.8 Å². The second-order valence-electron chi connectivity index (χ2n) is 7.92. The Kier molecular flexibility index (Phi) is 16.1. The van der Waals surface area contributed by atoms with Crippen molar-refractivity contribution in [2.24, 2.45) is 0 Å². The normalized spacial score (nSPS) is 12.3. The van der Waals surface area contributed by atoms with Crippen LogP contribution in [-0.2, 0) is 9.53 Å². The molecule has 0 saturated carbocycles. The van der Waals surface area contributed by atoms with E-state index in [1.165, 1.54) is 68.9 Å². The summed E-state index contributed by atoms with van der Waals surface area (Å²) in [5, 5.41) is 0. The van der Waals surface area contributed by atoms with Crippen molar-refractivity contribution in [3.8, 4) is 0 Å². The second-order valence-corrected chi connectivity index (χ2v) is 7.92. The molecule has 0 fully saturated rings. The molecule has 0 aromatic heterocycles. The molecule has 3 nitrogen and oxygen atoms in total. The summed E-state index contributed by atoms with van der Waals surface area (Å²) in [6.45, 7) is 3.95. The molecule has 0 spiro atoms. The highest BCUT2D eigenvalue weighted by atomic mass is 19.3. The molecule has 0 aromatic rings. The minimum Gasteiger partial charge on any atom is -0.462 e. The summed E-state index contributed by atoms with van der Waals surface area (Å²) >= 11 is 0. The number of esters is 1. The molecule has 0 N–H and O–H groups in total. The lowest BCUT2D eigenvalue weighted by Crippen LogP contribution is -2.28. The van der Waals surface area contributed by atoms with Crippen LogP contribution in [0.1, 0.15) is 104 Å². The van der Waals surface area contributed by atoms with Crippen molar-refractivity contribution in [3.05, 3.63) is 11.8 Å². The highest BCUT2D eigenvalue weighted by molar-refractivity contribution is 5.90. The first kappa shape index (κ1) is 26.9. The van der Waals surface area contributed by atoms with Gasteiger partial charge < -0.3 is 9.64 Å². The number of ether oxygens (including phenoxy) is 1. The predicted molar refractivity (Wildman–Crippen MR) is 114 cm³/mol. The number of hydrogen-bond donors (Lipinski definition) is 0. The van der Waals surface area contributed by atoms with Crippen LogP contribution in [-0.4, -0.2) is 37.5 Å². The van der Waals surface area contributed by atoms with Gasteiger partial charge in [0, 0.05) is 26.7 Å². The average Bonchev–Trinajstić information content (AvgIpc) is 2.63. The van der Waals surface area contributed by atoms with E-state index in [0.29, 0.717) is 6.42 Å². The fourth-order valence-electron chi connectivity index (χ4n) is 3.26. The van der Waals surface area contributed by atoms with Gasteiger partial charge in [0.2, 0.25) is 0 Å². The molecule has 0 saturated heterocycles. The first-order chi connectivity index (χ1) is 13.3. The van der Waals surface area contributed by atoms with Crippen LogP contribution >= 0.6 is 0 Å². The Bertz CT molecular complexity index is 423. The number of alkyl halides is 2. The average molecular weight is 404 g/mol. The summed E-state index contributed by atoms with van der Waals surface area (Å²) in [7, 11) is 3.25. The van der Waals surface area contributed by atoms with E-state index < -0.39 is 17.5 Å². The van der Waals surface area contributed by atoms with Crippen LogP contribution < -0.4 is 0 Å². The lowest BCUT2D eigenvalue weighted by atomic mass is 10.0. The van der Waals surface area contributed by atoms with Gasteiger partial charge in [-0.05, 0) is 13.3 Å². The lowest BCUT2D eigenvalue weighted by Gasteiger charge is -2.20. The van der Waals surface area contributed by atoms with Crippen molar-refractivity contribution in [2.75, 3.05) is 20.7 Å². The highest BCUT2D eigenvalue weighted by Crippen LogP contribution is 2.31. The smallest absolute Gasteiger partial charge is 0.341 e. The third-order valence-electron chi connectivity index (χ3n) is 4.87. The summed E-state index contributed by atoms with van der Waals surface area (Å²) in [5.41, 5.74) is -0.543. The predicted octanol–water partition coefficient (Wildman–Crippen LogP) is 7.11. The van der Waals surface area contributed by atoms with Crippen molar-refractivity contribution in [3.63, 3.8) is 0 Å². The number of carbonyl (C=O) groups is 1. The van der Waals surface area contributed by atoms with Gasteiger partial charge in [-0.25, -0.2) is 13.6 Å². The van der Waals surface area contributed by atoms with Crippen molar-refractivity contribution in [2.45, 2.75) is 110 Å². The molecule has 0 aliphatic rings. The maximum absolute atomic E-state index is 14.5. The molecule has 0 bridgehead atoms. The Balaban J connectivity index is 3.91. The first-order valence-electron chi connectivity index (χ1n) is 11.3. The van der Waals surface area contributed by atoms with E-state index in [1.807, 2.05) is 0 Å². The molecule has 0 amide bonds. The van der Waals surface area contributed by atoms with Gasteiger partial charge in [0.25, 0.3) is 5.92 Å². The molecule has 0 heterocycles. The number of nitrogens with zero attached hydrogens (tertiary/aromatic N) is 1. The van der Waals surface area contributed by atoms with Crippen molar-refractivity contribution < 1.29 is 18.3 Å². The number of hydrogen-bond acceptors (Lipinski definition) is 3. The molecule has 0 aromatic carbocycles. The van der Waals surface area contributed by atoms with Crippen LogP contribution in [0.25, 0.3) is 0 Å². The van der Waals surface area contributed by atoms with Gasteiger partial charge in [0.05, 0.1) is 6.61 Å². The highest BCUT2D eigenvalue weighted by Gasteiger charge is 2.39. The second kappa shape index (κ2) is 16.8. The van der Waals surface area contributed by atoms with E-state index in [0.717, 1.165) is 19.3 Å². The molecule has 0 atom stereocenters.